The lowest BCUT2D eigenvalue weighted by Gasteiger charge is -2.12. The summed E-state index contributed by atoms with van der Waals surface area (Å²) in [7, 11) is 0. The summed E-state index contributed by atoms with van der Waals surface area (Å²) in [6.07, 6.45) is 4.11. The van der Waals surface area contributed by atoms with Crippen LogP contribution in [-0.4, -0.2) is 6.61 Å². The summed E-state index contributed by atoms with van der Waals surface area (Å²) < 4.78 is 32.9. The fraction of sp³-hybridized carbons (Fsp3) is 0.368. The Morgan fingerprint density at radius 3 is 2.54 bits per heavy atom. The van der Waals surface area contributed by atoms with Gasteiger partial charge in [-0.25, -0.2) is 9.82 Å². The van der Waals surface area contributed by atoms with E-state index in [-0.39, 0.29) is 5.75 Å². The molecule has 0 bridgehead atoms. The minimum atomic E-state index is -0.926. The Kier molecular flexibility index (Phi) is 7.49. The van der Waals surface area contributed by atoms with Gasteiger partial charge in [0.1, 0.15) is 0 Å². The maximum Gasteiger partial charge on any atom is 0.200 e. The van der Waals surface area contributed by atoms with Crippen molar-refractivity contribution in [2.24, 2.45) is 0 Å². The SMILES string of the molecule is CCCCCCOc1cc(CNNc2ccccc2)cc(F)c1F. The Labute approximate surface area is 142 Å². The van der Waals surface area contributed by atoms with Crippen LogP contribution in [0.2, 0.25) is 0 Å². The number of anilines is 1. The first-order chi connectivity index (χ1) is 11.7. The third-order valence-electron chi connectivity index (χ3n) is 3.61. The maximum absolute atomic E-state index is 13.8. The Bertz CT molecular complexity index is 620. The lowest BCUT2D eigenvalue weighted by Crippen LogP contribution is -2.21. The van der Waals surface area contributed by atoms with Gasteiger partial charge in [0.25, 0.3) is 0 Å². The summed E-state index contributed by atoms with van der Waals surface area (Å²) in [6.45, 7) is 2.86. The van der Waals surface area contributed by atoms with E-state index in [1.54, 1.807) is 0 Å². The molecule has 0 fully saturated rings. The van der Waals surface area contributed by atoms with E-state index in [0.717, 1.165) is 31.4 Å². The summed E-state index contributed by atoms with van der Waals surface area (Å²) in [5, 5.41) is 0. The topological polar surface area (TPSA) is 33.3 Å². The van der Waals surface area contributed by atoms with Crippen molar-refractivity contribution in [2.45, 2.75) is 39.2 Å². The number of hydrogen-bond donors (Lipinski definition) is 2. The molecule has 0 aliphatic rings. The summed E-state index contributed by atoms with van der Waals surface area (Å²) in [4.78, 5) is 0. The molecule has 0 atom stereocenters. The number of ether oxygens (including phenoxy) is 1. The average molecular weight is 334 g/mol. The van der Waals surface area contributed by atoms with E-state index in [1.807, 2.05) is 30.3 Å². The first-order valence-corrected chi connectivity index (χ1v) is 8.35. The van der Waals surface area contributed by atoms with Crippen LogP contribution in [-0.2, 0) is 6.54 Å². The molecule has 0 amide bonds. The van der Waals surface area contributed by atoms with Crippen molar-refractivity contribution in [3.63, 3.8) is 0 Å². The molecule has 0 heterocycles. The number of halogens is 2. The highest BCUT2D eigenvalue weighted by atomic mass is 19.2. The Morgan fingerprint density at radius 1 is 1.00 bits per heavy atom. The van der Waals surface area contributed by atoms with Crippen LogP contribution in [0.3, 0.4) is 0 Å². The first kappa shape index (κ1) is 18.2. The van der Waals surface area contributed by atoms with Gasteiger partial charge in [0.2, 0.25) is 5.82 Å². The van der Waals surface area contributed by atoms with E-state index < -0.39 is 11.6 Å². The number of hydrogen-bond acceptors (Lipinski definition) is 3. The van der Waals surface area contributed by atoms with E-state index >= 15 is 0 Å². The van der Waals surface area contributed by atoms with Crippen molar-refractivity contribution in [3.8, 4) is 5.75 Å². The molecule has 0 saturated carbocycles. The molecule has 2 rings (SSSR count). The van der Waals surface area contributed by atoms with Crippen molar-refractivity contribution in [1.29, 1.82) is 0 Å². The molecule has 2 N–H and O–H groups in total. The summed E-state index contributed by atoms with van der Waals surface area (Å²) in [5.74, 6) is -1.84. The molecular weight excluding hydrogens is 310 g/mol. The van der Waals surface area contributed by atoms with Crippen LogP contribution >= 0.6 is 0 Å². The highest BCUT2D eigenvalue weighted by Gasteiger charge is 2.12. The average Bonchev–Trinajstić information content (AvgIpc) is 2.59. The second-order valence-electron chi connectivity index (χ2n) is 5.64. The van der Waals surface area contributed by atoms with Crippen molar-refractivity contribution in [1.82, 2.24) is 5.43 Å². The molecule has 3 nitrogen and oxygen atoms in total. The van der Waals surface area contributed by atoms with Crippen LogP contribution in [0.15, 0.2) is 42.5 Å². The maximum atomic E-state index is 13.8. The molecule has 0 radical (unpaired) electrons. The molecule has 24 heavy (non-hydrogen) atoms. The zero-order valence-corrected chi connectivity index (χ0v) is 13.9. The summed E-state index contributed by atoms with van der Waals surface area (Å²) in [5.41, 5.74) is 7.49. The molecule has 2 aromatic rings. The van der Waals surface area contributed by atoms with Gasteiger partial charge in [-0.3, -0.25) is 0 Å². The second-order valence-corrected chi connectivity index (χ2v) is 5.64. The quantitative estimate of drug-likeness (QED) is 0.472. The fourth-order valence-corrected chi connectivity index (χ4v) is 2.31. The normalized spacial score (nSPS) is 10.6. The van der Waals surface area contributed by atoms with Gasteiger partial charge in [0.05, 0.1) is 6.61 Å². The molecular formula is C19H24F2N2O. The second kappa shape index (κ2) is 9.88. The molecule has 0 unspecified atom stereocenters. The van der Waals surface area contributed by atoms with Gasteiger partial charge in [-0.05, 0) is 36.2 Å². The van der Waals surface area contributed by atoms with E-state index in [2.05, 4.69) is 17.8 Å². The van der Waals surface area contributed by atoms with Gasteiger partial charge in [-0.2, -0.15) is 4.39 Å². The Hall–Kier alpha value is -2.14. The standard InChI is InChI=1S/C19H24F2N2O/c1-2-3-4-8-11-24-18-13-15(12-17(20)19(18)21)14-22-23-16-9-6-5-7-10-16/h5-7,9-10,12-13,22-23H,2-4,8,11,14H2,1H3. The van der Waals surface area contributed by atoms with Gasteiger partial charge in [-0.1, -0.05) is 44.4 Å². The number of nitrogens with one attached hydrogen (secondary N) is 2. The van der Waals surface area contributed by atoms with E-state index in [9.17, 15) is 8.78 Å². The van der Waals surface area contributed by atoms with Gasteiger partial charge in [-0.15, -0.1) is 0 Å². The van der Waals surface area contributed by atoms with Crippen LogP contribution in [0.25, 0.3) is 0 Å². The number of unbranched alkanes of at least 4 members (excludes halogenated alkanes) is 3. The van der Waals surface area contributed by atoms with Crippen LogP contribution in [0.5, 0.6) is 5.75 Å². The third kappa shape index (κ3) is 5.81. The van der Waals surface area contributed by atoms with Crippen LogP contribution in [0, 0.1) is 11.6 Å². The van der Waals surface area contributed by atoms with Crippen molar-refractivity contribution in [3.05, 3.63) is 59.7 Å². The summed E-state index contributed by atoms with van der Waals surface area (Å²) >= 11 is 0. The van der Waals surface area contributed by atoms with Crippen molar-refractivity contribution in [2.75, 3.05) is 12.0 Å². The van der Waals surface area contributed by atoms with Crippen LogP contribution in [0.4, 0.5) is 14.5 Å². The third-order valence-corrected chi connectivity index (χ3v) is 3.61. The minimum absolute atomic E-state index is 0.0250. The van der Waals surface area contributed by atoms with Crippen molar-refractivity contribution >= 4 is 5.69 Å². The zero-order valence-electron chi connectivity index (χ0n) is 13.9. The first-order valence-electron chi connectivity index (χ1n) is 8.35. The molecule has 130 valence electrons. The lowest BCUT2D eigenvalue weighted by molar-refractivity contribution is 0.285. The van der Waals surface area contributed by atoms with Crippen molar-refractivity contribution < 1.29 is 13.5 Å². The predicted octanol–water partition coefficient (Wildman–Crippen LogP) is 5.04. The van der Waals surface area contributed by atoms with E-state index in [4.69, 9.17) is 4.74 Å². The molecule has 0 saturated heterocycles. The molecule has 0 aliphatic carbocycles. The molecule has 0 aliphatic heterocycles. The van der Waals surface area contributed by atoms with Crippen LogP contribution < -0.4 is 15.6 Å². The summed E-state index contributed by atoms with van der Waals surface area (Å²) in [6, 6.07) is 12.3. The van der Waals surface area contributed by atoms with E-state index in [1.165, 1.54) is 12.1 Å². The zero-order chi connectivity index (χ0) is 17.2. The van der Waals surface area contributed by atoms with Gasteiger partial charge in [0.15, 0.2) is 11.6 Å². The lowest BCUT2D eigenvalue weighted by atomic mass is 10.2. The van der Waals surface area contributed by atoms with Crippen LogP contribution in [0.1, 0.15) is 38.2 Å². The van der Waals surface area contributed by atoms with Gasteiger partial charge >= 0.3 is 0 Å². The predicted molar refractivity (Wildman–Crippen MR) is 92.9 cm³/mol. The molecule has 5 heteroatoms. The minimum Gasteiger partial charge on any atom is -0.490 e. The number of hydrazine groups is 1. The van der Waals surface area contributed by atoms with Gasteiger partial charge in [0, 0.05) is 12.2 Å². The Morgan fingerprint density at radius 2 is 1.79 bits per heavy atom. The number of benzene rings is 2. The number of para-hydroxylation sites is 1. The van der Waals surface area contributed by atoms with E-state index in [0.29, 0.717) is 18.7 Å². The number of rotatable bonds is 10. The molecule has 2 aromatic carbocycles. The largest absolute Gasteiger partial charge is 0.490 e. The Balaban J connectivity index is 1.88. The van der Waals surface area contributed by atoms with Gasteiger partial charge < -0.3 is 10.2 Å². The molecule has 0 aromatic heterocycles. The smallest absolute Gasteiger partial charge is 0.200 e. The molecule has 0 spiro atoms. The highest BCUT2D eigenvalue weighted by Crippen LogP contribution is 2.22. The monoisotopic (exact) mass is 334 g/mol. The fourth-order valence-electron chi connectivity index (χ4n) is 2.31. The highest BCUT2D eigenvalue weighted by molar-refractivity contribution is 5.41.